The maximum atomic E-state index is 12.1. The molecule has 0 aromatic carbocycles. The molecule has 2 aromatic heterocycles. The lowest BCUT2D eigenvalue weighted by Gasteiger charge is -2.14. The van der Waals surface area contributed by atoms with E-state index in [1.165, 1.54) is 18.2 Å². The molecule has 0 saturated heterocycles. The second-order valence-electron chi connectivity index (χ2n) is 4.90. The van der Waals surface area contributed by atoms with Crippen molar-refractivity contribution < 1.29 is 22.7 Å². The van der Waals surface area contributed by atoms with Crippen LogP contribution in [-0.4, -0.2) is 39.3 Å². The molecule has 124 valence electrons. The minimum Gasteiger partial charge on any atom is -0.468 e. The van der Waals surface area contributed by atoms with Crippen molar-refractivity contribution in [1.29, 1.82) is 0 Å². The molecule has 1 atom stereocenters. The van der Waals surface area contributed by atoms with Gasteiger partial charge in [-0.1, -0.05) is 6.07 Å². The molecule has 2 heterocycles. The topological polar surface area (TPSA) is 69.0 Å². The number of pyridine rings is 1. The number of hydrogen-bond acceptors (Lipinski definition) is 4. The number of aromatic nitrogens is 3. The van der Waals surface area contributed by atoms with Gasteiger partial charge in [0, 0.05) is 31.0 Å². The second-order valence-corrected chi connectivity index (χ2v) is 4.90. The van der Waals surface area contributed by atoms with Gasteiger partial charge in [-0.2, -0.15) is 13.2 Å². The fraction of sp³-hybridized carbons (Fsp3) is 0.357. The van der Waals surface area contributed by atoms with E-state index >= 15 is 0 Å². The monoisotopic (exact) mass is 328 g/mol. The third-order valence-corrected chi connectivity index (χ3v) is 2.76. The average Bonchev–Trinajstić information content (AvgIpc) is 2.97. The van der Waals surface area contributed by atoms with Crippen LogP contribution in [0.25, 0.3) is 0 Å². The van der Waals surface area contributed by atoms with Crippen molar-refractivity contribution in [2.24, 2.45) is 0 Å². The summed E-state index contributed by atoms with van der Waals surface area (Å²) in [5, 5.41) is 2.71. The number of rotatable bonds is 6. The van der Waals surface area contributed by atoms with Gasteiger partial charge in [-0.05, 0) is 13.0 Å². The number of carbonyl (C=O) groups is 1. The lowest BCUT2D eigenvalue weighted by Crippen LogP contribution is -2.36. The molecule has 0 saturated carbocycles. The van der Waals surface area contributed by atoms with Crippen LogP contribution < -0.4 is 10.1 Å². The Labute approximate surface area is 130 Å². The summed E-state index contributed by atoms with van der Waals surface area (Å²) in [4.78, 5) is 19.7. The van der Waals surface area contributed by atoms with Crippen molar-refractivity contribution in [2.45, 2.75) is 25.7 Å². The third-order valence-electron chi connectivity index (χ3n) is 2.76. The van der Waals surface area contributed by atoms with Crippen LogP contribution >= 0.6 is 0 Å². The first-order chi connectivity index (χ1) is 10.8. The first-order valence-corrected chi connectivity index (χ1v) is 6.77. The van der Waals surface area contributed by atoms with Crippen molar-refractivity contribution in [1.82, 2.24) is 19.9 Å². The number of nitrogens with zero attached hydrogens (tertiary/aromatic N) is 3. The molecule has 0 aliphatic carbocycles. The molecule has 1 unspecified atom stereocenters. The van der Waals surface area contributed by atoms with E-state index in [4.69, 9.17) is 0 Å². The van der Waals surface area contributed by atoms with E-state index in [1.807, 2.05) is 0 Å². The zero-order valence-electron chi connectivity index (χ0n) is 12.2. The Bertz CT molecular complexity index is 644. The highest BCUT2D eigenvalue weighted by atomic mass is 19.4. The fourth-order valence-corrected chi connectivity index (χ4v) is 1.83. The molecular weight excluding hydrogens is 313 g/mol. The molecule has 0 fully saturated rings. The van der Waals surface area contributed by atoms with Crippen molar-refractivity contribution in [3.05, 3.63) is 42.6 Å². The third kappa shape index (κ3) is 5.61. The number of alkyl halides is 3. The molecule has 23 heavy (non-hydrogen) atoms. The molecule has 2 aromatic rings. The van der Waals surface area contributed by atoms with E-state index in [2.05, 4.69) is 20.0 Å². The van der Waals surface area contributed by atoms with Gasteiger partial charge in [0.1, 0.15) is 5.69 Å². The summed E-state index contributed by atoms with van der Waals surface area (Å²) in [7, 11) is 0. The molecule has 0 aliphatic rings. The van der Waals surface area contributed by atoms with Crippen LogP contribution in [0, 0.1) is 0 Å². The maximum absolute atomic E-state index is 12.1. The van der Waals surface area contributed by atoms with Gasteiger partial charge in [0.25, 0.3) is 5.91 Å². The van der Waals surface area contributed by atoms with Crippen LogP contribution in [0.2, 0.25) is 0 Å². The van der Waals surface area contributed by atoms with Crippen LogP contribution in [0.4, 0.5) is 13.2 Å². The Morgan fingerprint density at radius 2 is 2.22 bits per heavy atom. The van der Waals surface area contributed by atoms with E-state index in [-0.39, 0.29) is 17.6 Å². The summed E-state index contributed by atoms with van der Waals surface area (Å²) in [5.41, 5.74) is -0.0119. The zero-order chi connectivity index (χ0) is 16.9. The quantitative estimate of drug-likeness (QED) is 0.881. The largest absolute Gasteiger partial charge is 0.468 e. The van der Waals surface area contributed by atoms with Crippen molar-refractivity contribution >= 4 is 5.91 Å². The van der Waals surface area contributed by atoms with Gasteiger partial charge in [-0.15, -0.1) is 0 Å². The van der Waals surface area contributed by atoms with Gasteiger partial charge in [0.15, 0.2) is 6.61 Å². The minimum absolute atomic E-state index is 0.0119. The van der Waals surface area contributed by atoms with E-state index in [9.17, 15) is 18.0 Å². The molecule has 0 radical (unpaired) electrons. The van der Waals surface area contributed by atoms with Crippen molar-refractivity contribution in [3.8, 4) is 5.88 Å². The van der Waals surface area contributed by atoms with Gasteiger partial charge in [-0.3, -0.25) is 4.79 Å². The Hall–Kier alpha value is -2.58. The van der Waals surface area contributed by atoms with Crippen LogP contribution in [0.1, 0.15) is 17.4 Å². The SMILES string of the molecule is CC(Cn1ccnc1)NC(=O)c1cccc(OCC(F)(F)F)n1. The highest BCUT2D eigenvalue weighted by molar-refractivity contribution is 5.92. The van der Waals surface area contributed by atoms with Gasteiger partial charge in [-0.25, -0.2) is 9.97 Å². The smallest absolute Gasteiger partial charge is 0.422 e. The molecule has 0 aliphatic heterocycles. The normalized spacial score (nSPS) is 12.7. The summed E-state index contributed by atoms with van der Waals surface area (Å²) in [6.07, 6.45) is 0.538. The number of ether oxygens (including phenoxy) is 1. The standard InChI is InChI=1S/C14H15F3N4O2/c1-10(7-21-6-5-18-9-21)19-13(22)11-3-2-4-12(20-11)23-8-14(15,16)17/h2-6,9-10H,7-8H2,1H3,(H,19,22). The van der Waals surface area contributed by atoms with Gasteiger partial charge in [0.05, 0.1) is 6.33 Å². The van der Waals surface area contributed by atoms with E-state index in [1.54, 1.807) is 30.2 Å². The number of nitrogens with one attached hydrogen (secondary N) is 1. The molecule has 9 heteroatoms. The zero-order valence-corrected chi connectivity index (χ0v) is 12.2. The highest BCUT2D eigenvalue weighted by Crippen LogP contribution is 2.17. The van der Waals surface area contributed by atoms with Crippen LogP contribution in [0.5, 0.6) is 5.88 Å². The molecule has 6 nitrogen and oxygen atoms in total. The Morgan fingerprint density at radius 1 is 1.43 bits per heavy atom. The van der Waals surface area contributed by atoms with E-state index < -0.39 is 18.7 Å². The second kappa shape index (κ2) is 7.12. The molecule has 1 amide bonds. The molecule has 1 N–H and O–H groups in total. The molecule has 0 bridgehead atoms. The predicted molar refractivity (Wildman–Crippen MR) is 74.9 cm³/mol. The summed E-state index contributed by atoms with van der Waals surface area (Å²) in [5.74, 6) is -0.743. The highest BCUT2D eigenvalue weighted by Gasteiger charge is 2.28. The van der Waals surface area contributed by atoms with Gasteiger partial charge < -0.3 is 14.6 Å². The van der Waals surface area contributed by atoms with Crippen LogP contribution in [0.3, 0.4) is 0 Å². The summed E-state index contributed by atoms with van der Waals surface area (Å²) in [6.45, 7) is 0.847. The van der Waals surface area contributed by atoms with E-state index in [0.717, 1.165) is 0 Å². The first kappa shape index (κ1) is 16.8. The number of carbonyl (C=O) groups excluding carboxylic acids is 1. The summed E-state index contributed by atoms with van der Waals surface area (Å²) >= 11 is 0. The van der Waals surface area contributed by atoms with Gasteiger partial charge >= 0.3 is 6.18 Å². The molecule has 0 spiro atoms. The van der Waals surface area contributed by atoms with Crippen molar-refractivity contribution in [2.75, 3.05) is 6.61 Å². The fourth-order valence-electron chi connectivity index (χ4n) is 1.83. The Morgan fingerprint density at radius 3 is 2.87 bits per heavy atom. The molecule has 2 rings (SSSR count). The lowest BCUT2D eigenvalue weighted by atomic mass is 10.3. The van der Waals surface area contributed by atoms with Gasteiger partial charge in [0.2, 0.25) is 5.88 Å². The molecular formula is C14H15F3N4O2. The Balaban J connectivity index is 1.93. The van der Waals surface area contributed by atoms with Crippen LogP contribution in [-0.2, 0) is 6.54 Å². The number of hydrogen-bond donors (Lipinski definition) is 1. The summed E-state index contributed by atoms with van der Waals surface area (Å²) < 4.78 is 42.7. The minimum atomic E-state index is -4.46. The maximum Gasteiger partial charge on any atom is 0.422 e. The van der Waals surface area contributed by atoms with Crippen molar-refractivity contribution in [3.63, 3.8) is 0 Å². The lowest BCUT2D eigenvalue weighted by molar-refractivity contribution is -0.154. The Kier molecular flexibility index (Phi) is 5.20. The number of amides is 1. The number of halogens is 3. The first-order valence-electron chi connectivity index (χ1n) is 6.77. The number of imidazole rings is 1. The summed E-state index contributed by atoms with van der Waals surface area (Å²) in [6, 6.07) is 3.86. The predicted octanol–water partition coefficient (Wildman–Crippen LogP) is 2.04. The van der Waals surface area contributed by atoms with Crippen LogP contribution in [0.15, 0.2) is 36.9 Å². The average molecular weight is 328 g/mol. The van der Waals surface area contributed by atoms with E-state index in [0.29, 0.717) is 6.54 Å².